The van der Waals surface area contributed by atoms with Crippen LogP contribution in [0.3, 0.4) is 0 Å². The Morgan fingerprint density at radius 3 is 2.58 bits per heavy atom. The molecule has 1 fully saturated rings. The normalized spacial score (nSPS) is 16.1. The van der Waals surface area contributed by atoms with Gasteiger partial charge in [-0.15, -0.1) is 23.7 Å². The summed E-state index contributed by atoms with van der Waals surface area (Å²) >= 11 is 1.65. The van der Waals surface area contributed by atoms with Crippen LogP contribution in [0.5, 0.6) is 0 Å². The van der Waals surface area contributed by atoms with Crippen molar-refractivity contribution in [2.24, 2.45) is 0 Å². The number of nitrogens with one attached hydrogen (secondary N) is 1. The zero-order chi connectivity index (χ0) is 13.2. The van der Waals surface area contributed by atoms with Crippen LogP contribution in [-0.4, -0.2) is 42.0 Å². The smallest absolute Gasteiger partial charge is 0.228 e. The largest absolute Gasteiger partial charge is 0.340 e. The van der Waals surface area contributed by atoms with Gasteiger partial charge in [-0.3, -0.25) is 4.79 Å². The van der Waals surface area contributed by atoms with Crippen LogP contribution in [0, 0.1) is 0 Å². The average Bonchev–Trinajstić information content (AvgIpc) is 2.78. The first-order valence-corrected chi connectivity index (χ1v) is 7.28. The summed E-state index contributed by atoms with van der Waals surface area (Å²) in [7, 11) is 0. The highest BCUT2D eigenvalue weighted by atomic mass is 35.5. The maximum atomic E-state index is 12.1. The maximum Gasteiger partial charge on any atom is 0.228 e. The topological polar surface area (TPSA) is 45.2 Å². The van der Waals surface area contributed by atoms with Crippen molar-refractivity contribution in [3.63, 3.8) is 0 Å². The van der Waals surface area contributed by atoms with Crippen LogP contribution in [0.1, 0.15) is 31.5 Å². The second-order valence-corrected chi connectivity index (χ2v) is 6.56. The van der Waals surface area contributed by atoms with Gasteiger partial charge in [-0.25, -0.2) is 4.98 Å². The Morgan fingerprint density at radius 1 is 1.42 bits per heavy atom. The number of carbonyl (C=O) groups excluding carboxylic acids is 1. The highest BCUT2D eigenvalue weighted by molar-refractivity contribution is 7.09. The van der Waals surface area contributed by atoms with E-state index in [0.29, 0.717) is 6.42 Å². The first-order chi connectivity index (χ1) is 8.47. The van der Waals surface area contributed by atoms with E-state index in [0.717, 1.165) is 36.9 Å². The van der Waals surface area contributed by atoms with Crippen molar-refractivity contribution in [3.05, 3.63) is 16.1 Å². The van der Waals surface area contributed by atoms with E-state index >= 15 is 0 Å². The highest BCUT2D eigenvalue weighted by Crippen LogP contribution is 2.25. The number of hydrogen-bond donors (Lipinski definition) is 1. The van der Waals surface area contributed by atoms with Crippen LogP contribution in [0.2, 0.25) is 0 Å². The van der Waals surface area contributed by atoms with Crippen molar-refractivity contribution in [3.8, 4) is 0 Å². The van der Waals surface area contributed by atoms with Gasteiger partial charge in [0, 0.05) is 37.0 Å². The summed E-state index contributed by atoms with van der Waals surface area (Å²) in [6.07, 6.45) is 0.437. The molecule has 0 radical (unpaired) electrons. The number of hydrogen-bond acceptors (Lipinski definition) is 4. The molecule has 2 rings (SSSR count). The molecule has 1 saturated heterocycles. The fourth-order valence-corrected chi connectivity index (χ4v) is 2.82. The molecule has 108 valence electrons. The predicted molar refractivity (Wildman–Crippen MR) is 81.2 cm³/mol. The molecule has 2 heterocycles. The second-order valence-electron chi connectivity index (χ2n) is 5.70. The van der Waals surface area contributed by atoms with Crippen LogP contribution < -0.4 is 5.32 Å². The van der Waals surface area contributed by atoms with E-state index in [9.17, 15) is 4.79 Å². The predicted octanol–water partition coefficient (Wildman–Crippen LogP) is 1.84. The molecule has 0 aliphatic carbocycles. The second kappa shape index (κ2) is 6.68. The summed E-state index contributed by atoms with van der Waals surface area (Å²) < 4.78 is 0. The van der Waals surface area contributed by atoms with Crippen molar-refractivity contribution >= 4 is 29.7 Å². The van der Waals surface area contributed by atoms with Gasteiger partial charge < -0.3 is 10.2 Å². The van der Waals surface area contributed by atoms with Crippen LogP contribution in [-0.2, 0) is 16.6 Å². The maximum absolute atomic E-state index is 12.1. The minimum atomic E-state index is 0. The zero-order valence-electron chi connectivity index (χ0n) is 11.7. The molecule has 0 bridgehead atoms. The van der Waals surface area contributed by atoms with Crippen molar-refractivity contribution in [2.75, 3.05) is 26.2 Å². The van der Waals surface area contributed by atoms with Crippen LogP contribution in [0.25, 0.3) is 0 Å². The summed E-state index contributed by atoms with van der Waals surface area (Å²) in [6, 6.07) is 0. The number of thiazole rings is 1. The number of rotatable bonds is 2. The molecule has 1 amide bonds. The van der Waals surface area contributed by atoms with E-state index in [1.807, 2.05) is 10.3 Å². The molecular weight excluding hydrogens is 282 g/mol. The van der Waals surface area contributed by atoms with E-state index in [1.54, 1.807) is 11.3 Å². The lowest BCUT2D eigenvalue weighted by Crippen LogP contribution is -2.47. The number of carbonyl (C=O) groups is 1. The summed E-state index contributed by atoms with van der Waals surface area (Å²) in [5.74, 6) is 0.197. The Hall–Kier alpha value is -0.650. The Labute approximate surface area is 125 Å². The first kappa shape index (κ1) is 16.4. The number of piperazine rings is 1. The molecule has 1 aromatic heterocycles. The third-order valence-corrected chi connectivity index (χ3v) is 4.31. The Bertz CT molecular complexity index is 422. The van der Waals surface area contributed by atoms with Crippen molar-refractivity contribution in [2.45, 2.75) is 32.6 Å². The average molecular weight is 304 g/mol. The monoisotopic (exact) mass is 303 g/mol. The van der Waals surface area contributed by atoms with Crippen LogP contribution in [0.4, 0.5) is 0 Å². The third-order valence-electron chi connectivity index (χ3n) is 3.00. The summed E-state index contributed by atoms with van der Waals surface area (Å²) in [6.45, 7) is 9.87. The molecule has 6 heteroatoms. The minimum absolute atomic E-state index is 0. The van der Waals surface area contributed by atoms with Gasteiger partial charge in [-0.1, -0.05) is 20.8 Å². The van der Waals surface area contributed by atoms with Gasteiger partial charge in [0.1, 0.15) is 0 Å². The number of amides is 1. The molecule has 1 aliphatic heterocycles. The number of halogens is 1. The zero-order valence-corrected chi connectivity index (χ0v) is 13.4. The summed E-state index contributed by atoms with van der Waals surface area (Å²) in [5, 5.41) is 6.37. The molecule has 4 nitrogen and oxygen atoms in total. The van der Waals surface area contributed by atoms with Crippen molar-refractivity contribution < 1.29 is 4.79 Å². The van der Waals surface area contributed by atoms with Gasteiger partial charge in [0.25, 0.3) is 0 Å². The van der Waals surface area contributed by atoms with Gasteiger partial charge in [0.05, 0.1) is 17.1 Å². The first-order valence-electron chi connectivity index (χ1n) is 6.40. The van der Waals surface area contributed by atoms with Gasteiger partial charge in [0.2, 0.25) is 5.91 Å². The van der Waals surface area contributed by atoms with Gasteiger partial charge in [0.15, 0.2) is 0 Å². The van der Waals surface area contributed by atoms with Crippen molar-refractivity contribution in [1.29, 1.82) is 0 Å². The van der Waals surface area contributed by atoms with Gasteiger partial charge in [-0.05, 0) is 0 Å². The number of nitrogens with zero attached hydrogens (tertiary/aromatic N) is 2. The molecule has 0 spiro atoms. The van der Waals surface area contributed by atoms with Crippen molar-refractivity contribution in [1.82, 2.24) is 15.2 Å². The Kier molecular flexibility index (Phi) is 5.77. The Morgan fingerprint density at radius 2 is 2.05 bits per heavy atom. The summed E-state index contributed by atoms with van der Waals surface area (Å²) in [5.41, 5.74) is 0.981. The molecule has 0 aromatic carbocycles. The molecule has 19 heavy (non-hydrogen) atoms. The molecule has 1 N–H and O–H groups in total. The fourth-order valence-electron chi connectivity index (χ4n) is 1.91. The molecule has 0 unspecified atom stereocenters. The standard InChI is InChI=1S/C13H21N3OS.ClH/c1-13(2,3)12-15-10(9-18-12)8-11(17)16-6-4-14-5-7-16;/h9,14H,4-8H2,1-3H3;1H. The lowest BCUT2D eigenvalue weighted by molar-refractivity contribution is -0.131. The SMILES string of the molecule is CC(C)(C)c1nc(CC(=O)N2CCNCC2)cs1.Cl. The molecule has 1 aliphatic rings. The van der Waals surface area contributed by atoms with E-state index in [-0.39, 0.29) is 23.7 Å². The van der Waals surface area contributed by atoms with Crippen LogP contribution in [0.15, 0.2) is 5.38 Å². The van der Waals surface area contributed by atoms with E-state index in [2.05, 4.69) is 31.1 Å². The summed E-state index contributed by atoms with van der Waals surface area (Å²) in [4.78, 5) is 18.6. The van der Waals surface area contributed by atoms with Crippen LogP contribution >= 0.6 is 23.7 Å². The molecule has 0 atom stereocenters. The lowest BCUT2D eigenvalue weighted by atomic mass is 9.98. The Balaban J connectivity index is 0.00000180. The van der Waals surface area contributed by atoms with Gasteiger partial charge in [-0.2, -0.15) is 0 Å². The van der Waals surface area contributed by atoms with E-state index in [1.165, 1.54) is 0 Å². The molecule has 1 aromatic rings. The van der Waals surface area contributed by atoms with E-state index < -0.39 is 0 Å². The minimum Gasteiger partial charge on any atom is -0.340 e. The van der Waals surface area contributed by atoms with E-state index in [4.69, 9.17) is 0 Å². The molecule has 0 saturated carbocycles. The fraction of sp³-hybridized carbons (Fsp3) is 0.692. The van der Waals surface area contributed by atoms with Gasteiger partial charge >= 0.3 is 0 Å². The lowest BCUT2D eigenvalue weighted by Gasteiger charge is -2.27. The number of aromatic nitrogens is 1. The molecular formula is C13H22ClN3OS. The quantitative estimate of drug-likeness (QED) is 0.907. The highest BCUT2D eigenvalue weighted by Gasteiger charge is 2.21. The third kappa shape index (κ3) is 4.44.